The molecule has 0 spiro atoms. The molecule has 104 valence electrons. The van der Waals surface area contributed by atoms with Crippen LogP contribution in [-0.4, -0.2) is 54.9 Å². The summed E-state index contributed by atoms with van der Waals surface area (Å²) in [6, 6.07) is -0.179. The number of carbonyl (C=O) groups excluding carboxylic acids is 1. The summed E-state index contributed by atoms with van der Waals surface area (Å²) in [5, 5.41) is 11.8. The maximum atomic E-state index is 11.8. The Morgan fingerprint density at radius 3 is 2.72 bits per heavy atom. The summed E-state index contributed by atoms with van der Waals surface area (Å²) in [7, 11) is 0. The van der Waals surface area contributed by atoms with Gasteiger partial charge in [0.1, 0.15) is 0 Å². The molecule has 6 nitrogen and oxygen atoms in total. The first kappa shape index (κ1) is 14.8. The Bertz CT molecular complexity index is 296. The number of ether oxygens (including phenoxy) is 1. The molecule has 18 heavy (non-hydrogen) atoms. The van der Waals surface area contributed by atoms with E-state index in [2.05, 4.69) is 5.32 Å². The highest BCUT2D eigenvalue weighted by Crippen LogP contribution is 2.22. The zero-order valence-corrected chi connectivity index (χ0v) is 11.0. The molecular weight excluding hydrogens is 236 g/mol. The maximum Gasteiger partial charge on any atom is 0.317 e. The van der Waals surface area contributed by atoms with Crippen LogP contribution >= 0.6 is 0 Å². The molecule has 0 aliphatic carbocycles. The van der Waals surface area contributed by atoms with Crippen LogP contribution in [0.3, 0.4) is 0 Å². The fourth-order valence-corrected chi connectivity index (χ4v) is 2.08. The number of urea groups is 1. The van der Waals surface area contributed by atoms with Gasteiger partial charge in [-0.25, -0.2) is 4.79 Å². The Hall–Kier alpha value is -1.30. The third-order valence-corrected chi connectivity index (χ3v) is 3.16. The largest absolute Gasteiger partial charge is 0.481 e. The van der Waals surface area contributed by atoms with Crippen LogP contribution in [0.4, 0.5) is 4.79 Å². The minimum Gasteiger partial charge on any atom is -0.481 e. The van der Waals surface area contributed by atoms with Gasteiger partial charge in [-0.2, -0.15) is 0 Å². The number of nitrogens with zero attached hydrogens (tertiary/aromatic N) is 1. The number of rotatable bonds is 6. The molecule has 2 N–H and O–H groups in total. The summed E-state index contributed by atoms with van der Waals surface area (Å²) in [4.78, 5) is 24.3. The van der Waals surface area contributed by atoms with Crippen LogP contribution in [0.2, 0.25) is 0 Å². The first-order valence-corrected chi connectivity index (χ1v) is 6.39. The van der Waals surface area contributed by atoms with E-state index in [-0.39, 0.29) is 11.9 Å². The SMILES string of the molecule is CCOCCCNC(=O)N1CC(C)C(C(=O)O)C1. The highest BCUT2D eigenvalue weighted by Gasteiger charge is 2.36. The average molecular weight is 258 g/mol. The number of carboxylic acids is 1. The number of nitrogens with one attached hydrogen (secondary N) is 1. The van der Waals surface area contributed by atoms with E-state index < -0.39 is 11.9 Å². The Morgan fingerprint density at radius 1 is 1.44 bits per heavy atom. The number of hydrogen-bond acceptors (Lipinski definition) is 3. The highest BCUT2D eigenvalue weighted by atomic mass is 16.5. The van der Waals surface area contributed by atoms with Gasteiger partial charge >= 0.3 is 12.0 Å². The van der Waals surface area contributed by atoms with Gasteiger partial charge < -0.3 is 20.1 Å². The normalized spacial score (nSPS) is 23.1. The fourth-order valence-electron chi connectivity index (χ4n) is 2.08. The molecule has 0 bridgehead atoms. The van der Waals surface area contributed by atoms with Crippen molar-refractivity contribution in [2.45, 2.75) is 20.3 Å². The minimum atomic E-state index is -0.825. The van der Waals surface area contributed by atoms with Crippen LogP contribution in [0.25, 0.3) is 0 Å². The van der Waals surface area contributed by atoms with E-state index in [9.17, 15) is 9.59 Å². The Labute approximate surface area is 107 Å². The lowest BCUT2D eigenvalue weighted by molar-refractivity contribution is -0.142. The van der Waals surface area contributed by atoms with Crippen LogP contribution < -0.4 is 5.32 Å². The second-order valence-electron chi connectivity index (χ2n) is 4.61. The highest BCUT2D eigenvalue weighted by molar-refractivity contribution is 5.77. The number of aliphatic carboxylic acids is 1. The van der Waals surface area contributed by atoms with Crippen molar-refractivity contribution >= 4 is 12.0 Å². The molecule has 0 aromatic rings. The zero-order chi connectivity index (χ0) is 13.5. The van der Waals surface area contributed by atoms with Crippen molar-refractivity contribution in [2.75, 3.05) is 32.8 Å². The summed E-state index contributed by atoms with van der Waals surface area (Å²) in [5.74, 6) is -1.26. The molecule has 2 amide bonds. The van der Waals surface area contributed by atoms with Gasteiger partial charge in [-0.15, -0.1) is 0 Å². The van der Waals surface area contributed by atoms with E-state index in [0.717, 1.165) is 6.42 Å². The molecule has 0 aromatic carbocycles. The molecule has 6 heteroatoms. The Morgan fingerprint density at radius 2 is 2.17 bits per heavy atom. The van der Waals surface area contributed by atoms with E-state index in [1.807, 2.05) is 13.8 Å². The van der Waals surface area contributed by atoms with E-state index in [0.29, 0.717) is 32.8 Å². The molecule has 2 unspecified atom stereocenters. The molecule has 2 atom stereocenters. The average Bonchev–Trinajstić information content (AvgIpc) is 2.71. The number of carboxylic acid groups (broad SMARTS) is 1. The van der Waals surface area contributed by atoms with Crippen molar-refractivity contribution in [2.24, 2.45) is 11.8 Å². The predicted octanol–water partition coefficient (Wildman–Crippen LogP) is 0.775. The maximum absolute atomic E-state index is 11.8. The van der Waals surface area contributed by atoms with E-state index >= 15 is 0 Å². The molecule has 1 saturated heterocycles. The number of amides is 2. The summed E-state index contributed by atoms with van der Waals surface area (Å²) in [6.45, 7) is 6.46. The van der Waals surface area contributed by atoms with E-state index in [1.54, 1.807) is 4.90 Å². The van der Waals surface area contributed by atoms with Crippen LogP contribution in [0.1, 0.15) is 20.3 Å². The second kappa shape index (κ2) is 7.20. The molecular formula is C12H22N2O4. The lowest BCUT2D eigenvalue weighted by Gasteiger charge is -2.16. The van der Waals surface area contributed by atoms with Gasteiger partial charge in [0, 0.05) is 32.8 Å². The van der Waals surface area contributed by atoms with Crippen LogP contribution in [0.5, 0.6) is 0 Å². The summed E-state index contributed by atoms with van der Waals surface area (Å²) >= 11 is 0. The molecule has 1 rings (SSSR count). The predicted molar refractivity (Wildman–Crippen MR) is 66.4 cm³/mol. The van der Waals surface area contributed by atoms with Crippen LogP contribution in [-0.2, 0) is 9.53 Å². The molecule has 1 aliphatic heterocycles. The summed E-state index contributed by atoms with van der Waals surface area (Å²) < 4.78 is 5.16. The quantitative estimate of drug-likeness (QED) is 0.690. The monoisotopic (exact) mass is 258 g/mol. The lowest BCUT2D eigenvalue weighted by Crippen LogP contribution is -2.39. The first-order chi connectivity index (χ1) is 8.56. The van der Waals surface area contributed by atoms with Crippen molar-refractivity contribution in [1.29, 1.82) is 0 Å². The van der Waals surface area contributed by atoms with Gasteiger partial charge in [0.15, 0.2) is 0 Å². The summed E-state index contributed by atoms with van der Waals surface area (Å²) in [6.07, 6.45) is 0.769. The standard InChI is InChI=1S/C12H22N2O4/c1-3-18-6-4-5-13-12(17)14-7-9(2)10(8-14)11(15)16/h9-10H,3-8H2,1-2H3,(H,13,17)(H,15,16). The van der Waals surface area contributed by atoms with E-state index in [4.69, 9.17) is 9.84 Å². The number of carbonyl (C=O) groups is 2. The fraction of sp³-hybridized carbons (Fsp3) is 0.833. The molecule has 0 radical (unpaired) electrons. The van der Waals surface area contributed by atoms with Gasteiger partial charge in [0.2, 0.25) is 0 Å². The topological polar surface area (TPSA) is 78.9 Å². The third kappa shape index (κ3) is 4.18. The van der Waals surface area contributed by atoms with Crippen LogP contribution in [0.15, 0.2) is 0 Å². The van der Waals surface area contributed by atoms with Gasteiger partial charge in [0.05, 0.1) is 5.92 Å². The van der Waals surface area contributed by atoms with Gasteiger partial charge in [-0.05, 0) is 19.3 Å². The molecule has 0 saturated carbocycles. The van der Waals surface area contributed by atoms with Gasteiger partial charge in [-0.3, -0.25) is 4.79 Å². The van der Waals surface area contributed by atoms with Crippen molar-refractivity contribution in [3.63, 3.8) is 0 Å². The molecule has 1 fully saturated rings. The third-order valence-electron chi connectivity index (χ3n) is 3.16. The summed E-state index contributed by atoms with van der Waals surface area (Å²) in [5.41, 5.74) is 0. The molecule has 1 heterocycles. The van der Waals surface area contributed by atoms with Gasteiger partial charge in [0.25, 0.3) is 0 Å². The molecule has 0 aromatic heterocycles. The Kier molecular flexibility index (Phi) is 5.91. The number of likely N-dealkylation sites (tertiary alicyclic amines) is 1. The number of hydrogen-bond donors (Lipinski definition) is 2. The van der Waals surface area contributed by atoms with Gasteiger partial charge in [-0.1, -0.05) is 6.92 Å². The minimum absolute atomic E-state index is 0.0108. The second-order valence-corrected chi connectivity index (χ2v) is 4.61. The zero-order valence-electron chi connectivity index (χ0n) is 11.0. The smallest absolute Gasteiger partial charge is 0.317 e. The van der Waals surface area contributed by atoms with Crippen molar-refractivity contribution in [3.05, 3.63) is 0 Å². The van der Waals surface area contributed by atoms with Crippen molar-refractivity contribution < 1.29 is 19.4 Å². The van der Waals surface area contributed by atoms with Crippen molar-refractivity contribution in [1.82, 2.24) is 10.2 Å². The lowest BCUT2D eigenvalue weighted by atomic mass is 9.99. The molecule has 1 aliphatic rings. The van der Waals surface area contributed by atoms with Crippen LogP contribution in [0, 0.1) is 11.8 Å². The van der Waals surface area contributed by atoms with E-state index in [1.165, 1.54) is 0 Å². The Balaban J connectivity index is 2.25. The first-order valence-electron chi connectivity index (χ1n) is 6.39. The van der Waals surface area contributed by atoms with Crippen molar-refractivity contribution in [3.8, 4) is 0 Å².